The lowest BCUT2D eigenvalue weighted by atomic mass is 10.3. The fourth-order valence-corrected chi connectivity index (χ4v) is 2.42. The maximum Gasteiger partial charge on any atom is 0.294 e. The van der Waals surface area contributed by atoms with Crippen molar-refractivity contribution < 1.29 is 4.74 Å². The molecule has 0 saturated carbocycles. The number of aromatic nitrogens is 2. The summed E-state index contributed by atoms with van der Waals surface area (Å²) >= 11 is 6.20. The Labute approximate surface area is 122 Å². The van der Waals surface area contributed by atoms with E-state index < -0.39 is 0 Å². The quantitative estimate of drug-likeness (QED) is 0.921. The van der Waals surface area contributed by atoms with E-state index in [9.17, 15) is 4.79 Å². The molecule has 0 atom stereocenters. The smallest absolute Gasteiger partial charge is 0.294 e. The maximum atomic E-state index is 12.4. The van der Waals surface area contributed by atoms with Crippen LogP contribution in [0, 0.1) is 0 Å². The SMILES string of the molecule is CCCn1c(COC)c(N)c(=O)n1-c1ccccc1Cl. The van der Waals surface area contributed by atoms with Gasteiger partial charge in [0.05, 0.1) is 23.0 Å². The van der Waals surface area contributed by atoms with Gasteiger partial charge in [0.1, 0.15) is 5.69 Å². The molecule has 1 aromatic heterocycles. The lowest BCUT2D eigenvalue weighted by Crippen LogP contribution is -2.23. The minimum Gasteiger partial charge on any atom is -0.393 e. The van der Waals surface area contributed by atoms with Gasteiger partial charge in [-0.15, -0.1) is 0 Å². The Bertz CT molecular complexity index is 661. The molecule has 0 unspecified atom stereocenters. The average Bonchev–Trinajstić information content (AvgIpc) is 2.66. The molecule has 2 rings (SSSR count). The summed E-state index contributed by atoms with van der Waals surface area (Å²) in [6, 6.07) is 7.21. The van der Waals surface area contributed by atoms with Crippen LogP contribution in [0.4, 0.5) is 5.69 Å². The predicted molar refractivity (Wildman–Crippen MR) is 80.5 cm³/mol. The highest BCUT2D eigenvalue weighted by molar-refractivity contribution is 6.32. The number of nitrogen functional groups attached to an aromatic ring is 1. The van der Waals surface area contributed by atoms with Gasteiger partial charge in [0.2, 0.25) is 0 Å². The number of hydrogen-bond donors (Lipinski definition) is 1. The molecule has 0 aliphatic heterocycles. The van der Waals surface area contributed by atoms with E-state index in [0.717, 1.165) is 6.42 Å². The van der Waals surface area contributed by atoms with Gasteiger partial charge >= 0.3 is 0 Å². The van der Waals surface area contributed by atoms with E-state index in [2.05, 4.69) is 0 Å². The topological polar surface area (TPSA) is 62.2 Å². The Morgan fingerprint density at radius 2 is 2.05 bits per heavy atom. The Morgan fingerprint density at radius 1 is 1.35 bits per heavy atom. The summed E-state index contributed by atoms with van der Waals surface area (Å²) in [6.07, 6.45) is 0.870. The molecule has 0 amide bonds. The standard InChI is InChI=1S/C14H18ClN3O2/c1-3-8-17-12(9-20-2)13(16)14(19)18(17)11-7-5-4-6-10(11)15/h4-7H,3,8-9,16H2,1-2H3. The summed E-state index contributed by atoms with van der Waals surface area (Å²) in [5.74, 6) is 0. The van der Waals surface area contributed by atoms with Crippen LogP contribution in [0.1, 0.15) is 19.0 Å². The van der Waals surface area contributed by atoms with Crippen LogP contribution in [0.5, 0.6) is 0 Å². The van der Waals surface area contributed by atoms with Crippen molar-refractivity contribution in [1.29, 1.82) is 0 Å². The molecule has 5 nitrogen and oxygen atoms in total. The first-order chi connectivity index (χ1) is 9.61. The third kappa shape index (κ3) is 2.46. The Balaban J connectivity index is 2.72. The van der Waals surface area contributed by atoms with Gasteiger partial charge in [-0.3, -0.25) is 9.48 Å². The number of hydrogen-bond acceptors (Lipinski definition) is 3. The van der Waals surface area contributed by atoms with Crippen LogP contribution >= 0.6 is 11.6 Å². The van der Waals surface area contributed by atoms with Crippen molar-refractivity contribution in [1.82, 2.24) is 9.36 Å². The van der Waals surface area contributed by atoms with Crippen LogP contribution in [0.2, 0.25) is 5.02 Å². The lowest BCUT2D eigenvalue weighted by molar-refractivity contribution is 0.176. The zero-order chi connectivity index (χ0) is 14.7. The molecule has 6 heteroatoms. The molecule has 2 aromatic rings. The molecule has 0 saturated heterocycles. The van der Waals surface area contributed by atoms with E-state index in [4.69, 9.17) is 22.1 Å². The highest BCUT2D eigenvalue weighted by atomic mass is 35.5. The molecule has 0 fully saturated rings. The second-order valence-corrected chi connectivity index (χ2v) is 4.89. The second kappa shape index (κ2) is 6.15. The van der Waals surface area contributed by atoms with E-state index in [1.165, 1.54) is 4.68 Å². The normalized spacial score (nSPS) is 10.9. The van der Waals surface area contributed by atoms with Crippen molar-refractivity contribution in [3.63, 3.8) is 0 Å². The zero-order valence-electron chi connectivity index (χ0n) is 11.6. The molecule has 1 aromatic carbocycles. The summed E-state index contributed by atoms with van der Waals surface area (Å²) in [4.78, 5) is 12.4. The van der Waals surface area contributed by atoms with Crippen LogP contribution in [0.3, 0.4) is 0 Å². The van der Waals surface area contributed by atoms with E-state index >= 15 is 0 Å². The number of benzene rings is 1. The van der Waals surface area contributed by atoms with E-state index in [-0.39, 0.29) is 11.2 Å². The van der Waals surface area contributed by atoms with Gasteiger partial charge in [-0.2, -0.15) is 0 Å². The summed E-state index contributed by atoms with van der Waals surface area (Å²) in [5.41, 5.74) is 7.18. The van der Waals surface area contributed by atoms with Gasteiger partial charge in [-0.25, -0.2) is 4.68 Å². The van der Waals surface area contributed by atoms with Gasteiger partial charge in [0, 0.05) is 13.7 Å². The van der Waals surface area contributed by atoms with Crippen LogP contribution in [0.25, 0.3) is 5.69 Å². The number of nitrogens with two attached hydrogens (primary N) is 1. The first-order valence-electron chi connectivity index (χ1n) is 6.45. The second-order valence-electron chi connectivity index (χ2n) is 4.48. The molecular formula is C14H18ClN3O2. The Morgan fingerprint density at radius 3 is 2.65 bits per heavy atom. The molecular weight excluding hydrogens is 278 g/mol. The van der Waals surface area contributed by atoms with E-state index in [1.54, 1.807) is 19.2 Å². The summed E-state index contributed by atoms with van der Waals surface area (Å²) < 4.78 is 8.50. The lowest BCUT2D eigenvalue weighted by Gasteiger charge is -2.14. The first kappa shape index (κ1) is 14.7. The van der Waals surface area contributed by atoms with Crippen LogP contribution in [0.15, 0.2) is 29.1 Å². The van der Waals surface area contributed by atoms with Crippen molar-refractivity contribution in [2.75, 3.05) is 12.8 Å². The van der Waals surface area contributed by atoms with Gasteiger partial charge in [0.25, 0.3) is 5.56 Å². The fraction of sp³-hybridized carbons (Fsp3) is 0.357. The number of rotatable bonds is 5. The van der Waals surface area contributed by atoms with Crippen LogP contribution in [-0.2, 0) is 17.9 Å². The molecule has 108 valence electrons. The number of para-hydroxylation sites is 1. The highest BCUT2D eigenvalue weighted by Gasteiger charge is 2.19. The summed E-state index contributed by atoms with van der Waals surface area (Å²) in [5, 5.41) is 0.508. The van der Waals surface area contributed by atoms with Gasteiger partial charge < -0.3 is 10.5 Å². The predicted octanol–water partition coefficient (Wildman–Crippen LogP) is 2.43. The molecule has 0 aliphatic rings. The van der Waals surface area contributed by atoms with E-state index in [1.807, 2.05) is 23.7 Å². The number of anilines is 1. The number of methoxy groups -OCH3 is 1. The first-order valence-corrected chi connectivity index (χ1v) is 6.83. The fourth-order valence-electron chi connectivity index (χ4n) is 2.21. The number of ether oxygens (including phenoxy) is 1. The third-order valence-electron chi connectivity index (χ3n) is 3.08. The zero-order valence-corrected chi connectivity index (χ0v) is 12.4. The minimum absolute atomic E-state index is 0.209. The van der Waals surface area contributed by atoms with Gasteiger partial charge in [0.15, 0.2) is 0 Å². The summed E-state index contributed by atoms with van der Waals surface area (Å²) in [6.45, 7) is 2.99. The molecule has 0 spiro atoms. The molecule has 20 heavy (non-hydrogen) atoms. The highest BCUT2D eigenvalue weighted by Crippen LogP contribution is 2.21. The van der Waals surface area contributed by atoms with Crippen LogP contribution in [-0.4, -0.2) is 16.5 Å². The van der Waals surface area contributed by atoms with Crippen LogP contribution < -0.4 is 11.3 Å². The van der Waals surface area contributed by atoms with E-state index in [0.29, 0.717) is 29.6 Å². The van der Waals surface area contributed by atoms with Crippen molar-refractivity contribution in [3.8, 4) is 5.69 Å². The maximum absolute atomic E-state index is 12.4. The summed E-state index contributed by atoms with van der Waals surface area (Å²) in [7, 11) is 1.58. The molecule has 0 radical (unpaired) electrons. The van der Waals surface area contributed by atoms with Gasteiger partial charge in [-0.1, -0.05) is 30.7 Å². The van der Waals surface area contributed by atoms with Crippen molar-refractivity contribution in [2.45, 2.75) is 26.5 Å². The third-order valence-corrected chi connectivity index (χ3v) is 3.40. The van der Waals surface area contributed by atoms with Crippen molar-refractivity contribution >= 4 is 17.3 Å². The molecule has 0 bridgehead atoms. The average molecular weight is 296 g/mol. The van der Waals surface area contributed by atoms with Crippen molar-refractivity contribution in [2.24, 2.45) is 0 Å². The largest absolute Gasteiger partial charge is 0.393 e. The minimum atomic E-state index is -0.265. The van der Waals surface area contributed by atoms with Crippen molar-refractivity contribution in [3.05, 3.63) is 45.3 Å². The molecule has 2 N–H and O–H groups in total. The molecule has 1 heterocycles. The number of nitrogens with zero attached hydrogens (tertiary/aromatic N) is 2. The van der Waals surface area contributed by atoms with Gasteiger partial charge in [-0.05, 0) is 18.6 Å². The Hall–Kier alpha value is -1.72. The number of halogens is 1. The Kier molecular flexibility index (Phi) is 4.52. The monoisotopic (exact) mass is 295 g/mol. The molecule has 0 aliphatic carbocycles.